The fourth-order valence-electron chi connectivity index (χ4n) is 4.91. The zero-order valence-electron chi connectivity index (χ0n) is 18.0. The van der Waals surface area contributed by atoms with Crippen LogP contribution in [0.2, 0.25) is 0 Å². The average molecular weight is 449 g/mol. The van der Waals surface area contributed by atoms with E-state index in [2.05, 4.69) is 22.2 Å². The van der Waals surface area contributed by atoms with Gasteiger partial charge in [-0.25, -0.2) is 12.8 Å². The summed E-state index contributed by atoms with van der Waals surface area (Å²) in [6.07, 6.45) is 5.04. The van der Waals surface area contributed by atoms with Crippen molar-refractivity contribution in [1.82, 2.24) is 0 Å². The minimum atomic E-state index is -3.75. The van der Waals surface area contributed by atoms with Gasteiger partial charge in [0.1, 0.15) is 5.82 Å². The zero-order chi connectivity index (χ0) is 22.5. The van der Waals surface area contributed by atoms with Gasteiger partial charge in [-0.2, -0.15) is 0 Å². The van der Waals surface area contributed by atoms with E-state index in [-0.39, 0.29) is 28.6 Å². The van der Waals surface area contributed by atoms with Gasteiger partial charge in [0.05, 0.1) is 16.6 Å². The summed E-state index contributed by atoms with van der Waals surface area (Å²) in [6.45, 7) is 3.86. The number of aryl methyl sites for hydroxylation is 2. The van der Waals surface area contributed by atoms with Crippen LogP contribution in [-0.2, 0) is 10.0 Å². The fourth-order valence-corrected chi connectivity index (χ4v) is 6.07. The number of benzene rings is 3. The zero-order valence-corrected chi connectivity index (χ0v) is 18.8. The van der Waals surface area contributed by atoms with Crippen molar-refractivity contribution in [2.75, 3.05) is 10.0 Å². The first-order chi connectivity index (χ1) is 15.3. The van der Waals surface area contributed by atoms with E-state index >= 15 is 0 Å². The van der Waals surface area contributed by atoms with E-state index in [1.54, 1.807) is 30.3 Å². The second kappa shape index (κ2) is 7.78. The number of fused-ring (bicyclic) bond motifs is 3. The van der Waals surface area contributed by atoms with Crippen LogP contribution < -0.4 is 10.0 Å². The lowest BCUT2D eigenvalue weighted by Gasteiger charge is -2.37. The van der Waals surface area contributed by atoms with Crippen molar-refractivity contribution in [1.29, 1.82) is 0 Å². The smallest absolute Gasteiger partial charge is 0.261 e. The number of rotatable bonds is 4. The predicted molar refractivity (Wildman–Crippen MR) is 126 cm³/mol. The topological polar surface area (TPSA) is 58.2 Å². The number of hydrogen-bond acceptors (Lipinski definition) is 3. The van der Waals surface area contributed by atoms with E-state index < -0.39 is 10.0 Å². The third-order valence-electron chi connectivity index (χ3n) is 6.51. The van der Waals surface area contributed by atoms with Gasteiger partial charge in [0.2, 0.25) is 0 Å². The van der Waals surface area contributed by atoms with Gasteiger partial charge >= 0.3 is 0 Å². The summed E-state index contributed by atoms with van der Waals surface area (Å²) in [7, 11) is -3.75. The first kappa shape index (κ1) is 20.8. The Morgan fingerprint density at radius 3 is 2.59 bits per heavy atom. The quantitative estimate of drug-likeness (QED) is 0.476. The molecule has 3 aromatic rings. The Labute approximate surface area is 188 Å². The molecule has 0 unspecified atom stereocenters. The van der Waals surface area contributed by atoms with Crippen LogP contribution in [0, 0.1) is 25.6 Å². The molecule has 0 saturated carbocycles. The van der Waals surface area contributed by atoms with Crippen LogP contribution >= 0.6 is 0 Å². The summed E-state index contributed by atoms with van der Waals surface area (Å²) in [5, 5.41) is 3.47. The van der Waals surface area contributed by atoms with Crippen LogP contribution in [0.5, 0.6) is 0 Å². The van der Waals surface area contributed by atoms with Crippen molar-refractivity contribution in [2.45, 2.75) is 37.1 Å². The normalized spacial score (nSPS) is 21.5. The number of nitrogens with one attached hydrogen (secondary N) is 2. The SMILES string of the molecule is Cc1ccc(NS(=O)(=O)c2ccc3c(c2)[C@H]2C=CC[C@H]2[C@H](c2ccccc2F)N3)c(C)c1. The van der Waals surface area contributed by atoms with Gasteiger partial charge in [-0.05, 0) is 67.6 Å². The second-order valence-electron chi connectivity index (χ2n) is 8.67. The Morgan fingerprint density at radius 2 is 1.81 bits per heavy atom. The minimum Gasteiger partial charge on any atom is -0.378 e. The van der Waals surface area contributed by atoms with Crippen LogP contribution in [0.4, 0.5) is 15.8 Å². The maximum atomic E-state index is 14.5. The maximum absolute atomic E-state index is 14.5. The monoisotopic (exact) mass is 448 g/mol. The van der Waals surface area contributed by atoms with Gasteiger partial charge in [-0.3, -0.25) is 4.72 Å². The molecule has 1 aliphatic heterocycles. The number of sulfonamides is 1. The molecule has 0 amide bonds. The third-order valence-corrected chi connectivity index (χ3v) is 7.87. The standard InChI is InChI=1S/C26H25FN2O2S/c1-16-10-12-24(17(2)14-16)29-32(30,31)18-11-13-25-22(15-18)19-7-5-8-20(19)26(28-25)21-6-3-4-9-23(21)27/h3-7,9-15,19-20,26,28-29H,8H2,1-2H3/t19-,20+,26+/m0/s1. The highest BCUT2D eigenvalue weighted by Crippen LogP contribution is 2.50. The number of hydrogen-bond donors (Lipinski definition) is 2. The van der Waals surface area contributed by atoms with Gasteiger partial charge in [-0.15, -0.1) is 0 Å². The molecule has 0 radical (unpaired) electrons. The summed E-state index contributed by atoms with van der Waals surface area (Å²) in [5.41, 5.74) is 4.94. The summed E-state index contributed by atoms with van der Waals surface area (Å²) in [4.78, 5) is 0.224. The van der Waals surface area contributed by atoms with E-state index in [1.807, 2.05) is 38.1 Å². The molecule has 2 aliphatic rings. The molecule has 3 aromatic carbocycles. The van der Waals surface area contributed by atoms with Crippen LogP contribution in [-0.4, -0.2) is 8.42 Å². The third kappa shape index (κ3) is 3.58. The molecular weight excluding hydrogens is 423 g/mol. The van der Waals surface area contributed by atoms with Crippen molar-refractivity contribution in [3.8, 4) is 0 Å². The predicted octanol–water partition coefficient (Wildman–Crippen LogP) is 6.07. The van der Waals surface area contributed by atoms with Crippen molar-refractivity contribution >= 4 is 21.4 Å². The number of allylic oxidation sites excluding steroid dienone is 2. The van der Waals surface area contributed by atoms with E-state index in [0.29, 0.717) is 11.3 Å². The maximum Gasteiger partial charge on any atom is 0.261 e. The summed E-state index contributed by atoms with van der Waals surface area (Å²) < 4.78 is 43.6. The van der Waals surface area contributed by atoms with E-state index in [1.165, 1.54) is 6.07 Å². The Hall–Kier alpha value is -3.12. The molecule has 3 atom stereocenters. The van der Waals surface area contributed by atoms with E-state index in [4.69, 9.17) is 0 Å². The van der Waals surface area contributed by atoms with E-state index in [0.717, 1.165) is 28.8 Å². The Balaban J connectivity index is 1.50. The first-order valence-electron chi connectivity index (χ1n) is 10.7. The molecule has 32 heavy (non-hydrogen) atoms. The fraction of sp³-hybridized carbons (Fsp3) is 0.231. The average Bonchev–Trinajstić information content (AvgIpc) is 3.26. The number of halogens is 1. The Bertz CT molecular complexity index is 1330. The largest absolute Gasteiger partial charge is 0.378 e. The first-order valence-corrected chi connectivity index (χ1v) is 12.2. The molecule has 1 heterocycles. The molecule has 5 rings (SSSR count). The highest BCUT2D eigenvalue weighted by molar-refractivity contribution is 7.92. The molecule has 0 fully saturated rings. The highest BCUT2D eigenvalue weighted by Gasteiger charge is 2.39. The van der Waals surface area contributed by atoms with E-state index in [9.17, 15) is 12.8 Å². The minimum absolute atomic E-state index is 0.0344. The lowest BCUT2D eigenvalue weighted by molar-refractivity contribution is 0.413. The number of anilines is 2. The molecule has 2 N–H and O–H groups in total. The molecule has 0 bridgehead atoms. The molecule has 164 valence electrons. The van der Waals surface area contributed by atoms with Crippen molar-refractivity contribution in [3.05, 3.63) is 101 Å². The molecule has 0 spiro atoms. The molecule has 0 aromatic heterocycles. The lowest BCUT2D eigenvalue weighted by Crippen LogP contribution is -2.30. The van der Waals surface area contributed by atoms with Crippen LogP contribution in [0.25, 0.3) is 0 Å². The van der Waals surface area contributed by atoms with Crippen molar-refractivity contribution in [3.63, 3.8) is 0 Å². The molecule has 1 aliphatic carbocycles. The summed E-state index contributed by atoms with van der Waals surface area (Å²) in [5.74, 6) is -0.0623. The molecule has 4 nitrogen and oxygen atoms in total. The van der Waals surface area contributed by atoms with Crippen LogP contribution in [0.3, 0.4) is 0 Å². The molecule has 6 heteroatoms. The summed E-state index contributed by atoms with van der Waals surface area (Å²) >= 11 is 0. The van der Waals surface area contributed by atoms with Gasteiger partial charge in [0, 0.05) is 17.2 Å². The van der Waals surface area contributed by atoms with Gasteiger partial charge in [0.15, 0.2) is 0 Å². The molecule has 0 saturated heterocycles. The van der Waals surface area contributed by atoms with Gasteiger partial charge < -0.3 is 5.32 Å². The second-order valence-corrected chi connectivity index (χ2v) is 10.4. The van der Waals surface area contributed by atoms with Crippen molar-refractivity contribution < 1.29 is 12.8 Å². The highest BCUT2D eigenvalue weighted by atomic mass is 32.2. The van der Waals surface area contributed by atoms with Gasteiger partial charge in [0.25, 0.3) is 10.0 Å². The Morgan fingerprint density at radius 1 is 1.00 bits per heavy atom. The lowest BCUT2D eigenvalue weighted by atomic mass is 9.77. The molecular formula is C26H25FN2O2S. The van der Waals surface area contributed by atoms with Crippen LogP contribution in [0.1, 0.15) is 40.6 Å². The Kier molecular flexibility index (Phi) is 5.05. The van der Waals surface area contributed by atoms with Gasteiger partial charge in [-0.1, -0.05) is 48.0 Å². The van der Waals surface area contributed by atoms with Crippen LogP contribution in [0.15, 0.2) is 77.7 Å². The van der Waals surface area contributed by atoms with Crippen molar-refractivity contribution in [2.24, 2.45) is 5.92 Å². The summed E-state index contributed by atoms with van der Waals surface area (Å²) in [6, 6.07) is 17.5.